The molecule has 1 aromatic rings. The van der Waals surface area contributed by atoms with Gasteiger partial charge in [-0.05, 0) is 23.8 Å². The fraction of sp³-hybridized carbons (Fsp3) is 0.286. The Morgan fingerprint density at radius 2 is 1.86 bits per heavy atom. The van der Waals surface area contributed by atoms with Crippen molar-refractivity contribution >= 4 is 23.8 Å². The number of urea groups is 1. The maximum atomic E-state index is 11.8. The molecule has 1 fully saturated rings. The van der Waals surface area contributed by atoms with Gasteiger partial charge in [-0.3, -0.25) is 5.43 Å². The third kappa shape index (κ3) is 5.25. The predicted octanol–water partition coefficient (Wildman–Crippen LogP) is 1.15. The number of carboxylic acids is 1. The number of carbonyl (C=O) groups is 2. The van der Waals surface area contributed by atoms with Gasteiger partial charge in [0.2, 0.25) is 0 Å². The number of nitrogens with one attached hydrogen (secondary N) is 2. The second-order valence-corrected chi connectivity index (χ2v) is 4.46. The van der Waals surface area contributed by atoms with Gasteiger partial charge in [-0.2, -0.15) is 0 Å². The average molecular weight is 291 g/mol. The van der Waals surface area contributed by atoms with Crippen molar-refractivity contribution in [2.24, 2.45) is 0 Å². The number of benzene rings is 1. The Morgan fingerprint density at radius 1 is 1.19 bits per heavy atom. The predicted molar refractivity (Wildman–Crippen MR) is 77.7 cm³/mol. The van der Waals surface area contributed by atoms with E-state index in [4.69, 9.17) is 9.84 Å². The second-order valence-electron chi connectivity index (χ2n) is 4.46. The summed E-state index contributed by atoms with van der Waals surface area (Å²) in [6.45, 7) is 2.52. The van der Waals surface area contributed by atoms with E-state index in [0.717, 1.165) is 11.6 Å². The van der Waals surface area contributed by atoms with E-state index >= 15 is 0 Å². The molecular weight excluding hydrogens is 274 g/mol. The first kappa shape index (κ1) is 15.0. The van der Waals surface area contributed by atoms with Crippen molar-refractivity contribution < 1.29 is 19.4 Å². The van der Waals surface area contributed by atoms with Gasteiger partial charge in [0, 0.05) is 24.9 Å². The summed E-state index contributed by atoms with van der Waals surface area (Å²) in [6.07, 6.45) is 2.55. The zero-order valence-corrected chi connectivity index (χ0v) is 11.4. The normalized spacial score (nSPS) is 15.8. The Labute approximate surface area is 122 Å². The number of nitrogens with zero attached hydrogens (tertiary/aromatic N) is 1. The highest BCUT2D eigenvalue weighted by atomic mass is 16.5. The molecule has 1 aliphatic rings. The van der Waals surface area contributed by atoms with Crippen LogP contribution >= 0.6 is 0 Å². The number of rotatable bonds is 4. The number of amides is 2. The van der Waals surface area contributed by atoms with Crippen LogP contribution in [0.3, 0.4) is 0 Å². The van der Waals surface area contributed by atoms with E-state index in [9.17, 15) is 9.59 Å². The molecule has 1 aliphatic heterocycles. The first-order chi connectivity index (χ1) is 10.1. The van der Waals surface area contributed by atoms with E-state index < -0.39 is 5.97 Å². The van der Waals surface area contributed by atoms with Crippen molar-refractivity contribution in [2.45, 2.75) is 0 Å². The first-order valence-electron chi connectivity index (χ1n) is 6.55. The van der Waals surface area contributed by atoms with Crippen molar-refractivity contribution in [3.8, 4) is 0 Å². The molecule has 7 heteroatoms. The molecule has 2 amide bonds. The highest BCUT2D eigenvalue weighted by Crippen LogP contribution is 2.10. The molecule has 1 heterocycles. The molecule has 7 nitrogen and oxygen atoms in total. The van der Waals surface area contributed by atoms with Gasteiger partial charge in [-0.15, -0.1) is 0 Å². The van der Waals surface area contributed by atoms with Crippen molar-refractivity contribution in [3.63, 3.8) is 0 Å². The number of ether oxygens (including phenoxy) is 1. The summed E-state index contributed by atoms with van der Waals surface area (Å²) in [6, 6.07) is 6.56. The fourth-order valence-electron chi connectivity index (χ4n) is 1.82. The molecule has 0 unspecified atom stereocenters. The zero-order chi connectivity index (χ0) is 15.1. The Hall–Kier alpha value is -2.38. The van der Waals surface area contributed by atoms with Gasteiger partial charge in [0.25, 0.3) is 0 Å². The standard InChI is InChI=1S/C14H17N3O4/c18-13(19)6-3-11-1-4-12(5-2-11)15-14(20)16-17-7-9-21-10-8-17/h1-6H,7-10H2,(H,18,19)(H2,15,16,20)/b6-3+. The molecular formula is C14H17N3O4. The Bertz CT molecular complexity index is 522. The molecule has 0 atom stereocenters. The molecule has 21 heavy (non-hydrogen) atoms. The van der Waals surface area contributed by atoms with Crippen molar-refractivity contribution in [1.29, 1.82) is 0 Å². The quantitative estimate of drug-likeness (QED) is 0.724. The third-order valence-corrected chi connectivity index (χ3v) is 2.86. The van der Waals surface area contributed by atoms with Gasteiger partial charge in [-0.1, -0.05) is 12.1 Å². The smallest absolute Gasteiger partial charge is 0.333 e. The number of hydrogen-bond donors (Lipinski definition) is 3. The SMILES string of the molecule is O=C(O)/C=C/c1ccc(NC(=O)NN2CCOCC2)cc1. The summed E-state index contributed by atoms with van der Waals surface area (Å²) in [4.78, 5) is 22.2. The number of anilines is 1. The van der Waals surface area contributed by atoms with Gasteiger partial charge < -0.3 is 15.2 Å². The van der Waals surface area contributed by atoms with Crippen LogP contribution in [-0.2, 0) is 9.53 Å². The minimum absolute atomic E-state index is 0.314. The van der Waals surface area contributed by atoms with Gasteiger partial charge in [-0.25, -0.2) is 14.6 Å². The minimum atomic E-state index is -0.998. The number of carbonyl (C=O) groups excluding carboxylic acids is 1. The highest BCUT2D eigenvalue weighted by Gasteiger charge is 2.12. The van der Waals surface area contributed by atoms with Crippen molar-refractivity contribution in [2.75, 3.05) is 31.6 Å². The lowest BCUT2D eigenvalue weighted by atomic mass is 10.2. The average Bonchev–Trinajstić information content (AvgIpc) is 2.47. The van der Waals surface area contributed by atoms with Gasteiger partial charge in [0.1, 0.15) is 0 Å². The van der Waals surface area contributed by atoms with E-state index in [0.29, 0.717) is 32.0 Å². The molecule has 0 bridgehead atoms. The van der Waals surface area contributed by atoms with E-state index in [1.54, 1.807) is 29.3 Å². The first-order valence-corrected chi connectivity index (χ1v) is 6.55. The topological polar surface area (TPSA) is 90.9 Å². The fourth-order valence-corrected chi connectivity index (χ4v) is 1.82. The summed E-state index contributed by atoms with van der Waals surface area (Å²) in [5, 5.41) is 13.0. The van der Waals surface area contributed by atoms with Gasteiger partial charge in [0.15, 0.2) is 0 Å². The van der Waals surface area contributed by atoms with Crippen LogP contribution < -0.4 is 10.7 Å². The van der Waals surface area contributed by atoms with E-state index in [1.165, 1.54) is 6.08 Å². The number of hydrogen-bond acceptors (Lipinski definition) is 4. The van der Waals surface area contributed by atoms with Crippen LogP contribution in [0.25, 0.3) is 6.08 Å². The molecule has 0 spiro atoms. The van der Waals surface area contributed by atoms with E-state index in [1.807, 2.05) is 0 Å². The van der Waals surface area contributed by atoms with Crippen LogP contribution in [0.1, 0.15) is 5.56 Å². The third-order valence-electron chi connectivity index (χ3n) is 2.86. The maximum absolute atomic E-state index is 11.8. The molecule has 0 aliphatic carbocycles. The highest BCUT2D eigenvalue weighted by molar-refractivity contribution is 5.89. The molecule has 1 saturated heterocycles. The summed E-state index contributed by atoms with van der Waals surface area (Å²) in [5.41, 5.74) is 4.11. The summed E-state index contributed by atoms with van der Waals surface area (Å²) >= 11 is 0. The monoisotopic (exact) mass is 291 g/mol. The van der Waals surface area contributed by atoms with Crippen LogP contribution in [0.5, 0.6) is 0 Å². The maximum Gasteiger partial charge on any atom is 0.333 e. The molecule has 3 N–H and O–H groups in total. The Balaban J connectivity index is 1.84. The molecule has 2 rings (SSSR count). The van der Waals surface area contributed by atoms with Crippen molar-refractivity contribution in [1.82, 2.24) is 10.4 Å². The van der Waals surface area contributed by atoms with Crippen LogP contribution in [-0.4, -0.2) is 48.4 Å². The Morgan fingerprint density at radius 3 is 2.48 bits per heavy atom. The Kier molecular flexibility index (Phi) is 5.30. The lowest BCUT2D eigenvalue weighted by molar-refractivity contribution is -0.131. The van der Waals surface area contributed by atoms with Gasteiger partial charge in [0.05, 0.1) is 13.2 Å². The molecule has 0 saturated carbocycles. The van der Waals surface area contributed by atoms with E-state index in [2.05, 4.69) is 10.7 Å². The molecule has 112 valence electrons. The number of morpholine rings is 1. The largest absolute Gasteiger partial charge is 0.478 e. The van der Waals surface area contributed by atoms with Crippen LogP contribution in [0.15, 0.2) is 30.3 Å². The second kappa shape index (κ2) is 7.41. The van der Waals surface area contributed by atoms with Crippen LogP contribution in [0.4, 0.5) is 10.5 Å². The summed E-state index contributed by atoms with van der Waals surface area (Å²) in [5.74, 6) is -0.998. The molecule has 0 radical (unpaired) electrons. The number of hydrazine groups is 1. The number of carboxylic acid groups (broad SMARTS) is 1. The lowest BCUT2D eigenvalue weighted by Crippen LogP contribution is -2.49. The number of aliphatic carboxylic acids is 1. The summed E-state index contributed by atoms with van der Waals surface area (Å²) < 4.78 is 5.19. The minimum Gasteiger partial charge on any atom is -0.478 e. The van der Waals surface area contributed by atoms with Crippen LogP contribution in [0.2, 0.25) is 0 Å². The molecule has 1 aromatic carbocycles. The van der Waals surface area contributed by atoms with Crippen molar-refractivity contribution in [3.05, 3.63) is 35.9 Å². The lowest BCUT2D eigenvalue weighted by Gasteiger charge is -2.26. The van der Waals surface area contributed by atoms with Crippen LogP contribution in [0, 0.1) is 0 Å². The van der Waals surface area contributed by atoms with Gasteiger partial charge >= 0.3 is 12.0 Å². The zero-order valence-electron chi connectivity index (χ0n) is 11.4. The summed E-state index contributed by atoms with van der Waals surface area (Å²) in [7, 11) is 0. The molecule has 0 aromatic heterocycles. The van der Waals surface area contributed by atoms with E-state index in [-0.39, 0.29) is 6.03 Å².